The van der Waals surface area contributed by atoms with Crippen LogP contribution in [0.5, 0.6) is 5.75 Å². The molecule has 0 N–H and O–H groups in total. The normalized spacial score (nSPS) is 10.8. The minimum atomic E-state index is 0.600. The fraction of sp³-hybridized carbons (Fsp3) is 0.318. The SMILES string of the molecule is [B]c1ccc(-c2coc(-c3ccc(OCCCCCCC)cc3)n2)cc1. The topological polar surface area (TPSA) is 35.3 Å². The standard InChI is InChI=1S/C22H24BNO2/c1-2-3-4-5-6-15-25-20-13-9-18(10-14-20)22-24-21(16-26-22)17-7-11-19(23)12-8-17/h7-14,16H,2-6,15H2,1H3. The van der Waals surface area contributed by atoms with Gasteiger partial charge in [0.2, 0.25) is 5.89 Å². The Balaban J connectivity index is 1.56. The van der Waals surface area contributed by atoms with E-state index in [9.17, 15) is 0 Å². The van der Waals surface area contributed by atoms with Crippen LogP contribution < -0.4 is 10.2 Å². The summed E-state index contributed by atoms with van der Waals surface area (Å²) in [5, 5.41) is 0. The molecule has 0 unspecified atom stereocenters. The summed E-state index contributed by atoms with van der Waals surface area (Å²) < 4.78 is 11.4. The average Bonchev–Trinajstić information content (AvgIpc) is 3.16. The van der Waals surface area contributed by atoms with Gasteiger partial charge in [-0.1, -0.05) is 62.3 Å². The Bertz CT molecular complexity index is 794. The third kappa shape index (κ3) is 5.01. The minimum absolute atomic E-state index is 0.600. The van der Waals surface area contributed by atoms with Crippen molar-refractivity contribution in [1.82, 2.24) is 4.98 Å². The highest BCUT2D eigenvalue weighted by Gasteiger charge is 2.08. The molecule has 4 heteroatoms. The molecular formula is C22H24BNO2. The van der Waals surface area contributed by atoms with Gasteiger partial charge in [-0.2, -0.15) is 0 Å². The van der Waals surface area contributed by atoms with Crippen LogP contribution in [0.15, 0.2) is 59.2 Å². The van der Waals surface area contributed by atoms with E-state index in [-0.39, 0.29) is 0 Å². The van der Waals surface area contributed by atoms with E-state index >= 15 is 0 Å². The van der Waals surface area contributed by atoms with Gasteiger partial charge in [-0.05, 0) is 30.7 Å². The smallest absolute Gasteiger partial charge is 0.226 e. The Morgan fingerprint density at radius 3 is 2.31 bits per heavy atom. The maximum absolute atomic E-state index is 5.80. The fourth-order valence-electron chi connectivity index (χ4n) is 2.78. The van der Waals surface area contributed by atoms with Gasteiger partial charge in [0.1, 0.15) is 25.6 Å². The van der Waals surface area contributed by atoms with Crippen LogP contribution in [0, 0.1) is 0 Å². The van der Waals surface area contributed by atoms with Crippen LogP contribution >= 0.6 is 0 Å². The van der Waals surface area contributed by atoms with Gasteiger partial charge in [0.15, 0.2) is 0 Å². The first-order valence-corrected chi connectivity index (χ1v) is 9.31. The van der Waals surface area contributed by atoms with E-state index in [0.717, 1.165) is 41.1 Å². The monoisotopic (exact) mass is 345 g/mol. The minimum Gasteiger partial charge on any atom is -0.494 e. The average molecular weight is 345 g/mol. The number of rotatable bonds is 9. The van der Waals surface area contributed by atoms with Gasteiger partial charge in [-0.25, -0.2) is 4.98 Å². The van der Waals surface area contributed by atoms with Gasteiger partial charge in [0.25, 0.3) is 0 Å². The van der Waals surface area contributed by atoms with Crippen molar-refractivity contribution in [3.8, 4) is 28.5 Å². The van der Waals surface area contributed by atoms with Crippen molar-refractivity contribution in [2.24, 2.45) is 0 Å². The first-order chi connectivity index (χ1) is 12.8. The zero-order valence-corrected chi connectivity index (χ0v) is 15.3. The van der Waals surface area contributed by atoms with Crippen LogP contribution in [-0.4, -0.2) is 19.4 Å². The Labute approximate surface area is 156 Å². The van der Waals surface area contributed by atoms with Crippen molar-refractivity contribution in [3.63, 3.8) is 0 Å². The molecule has 1 aromatic heterocycles. The summed E-state index contributed by atoms with van der Waals surface area (Å²) in [5.41, 5.74) is 3.45. The van der Waals surface area contributed by atoms with Gasteiger partial charge in [-0.3, -0.25) is 0 Å². The van der Waals surface area contributed by atoms with Crippen molar-refractivity contribution < 1.29 is 9.15 Å². The molecule has 0 spiro atoms. The van der Waals surface area contributed by atoms with Gasteiger partial charge >= 0.3 is 0 Å². The highest BCUT2D eigenvalue weighted by atomic mass is 16.5. The van der Waals surface area contributed by atoms with E-state index in [0.29, 0.717) is 5.89 Å². The summed E-state index contributed by atoms with van der Waals surface area (Å²) in [4.78, 5) is 4.57. The maximum atomic E-state index is 5.80. The first kappa shape index (κ1) is 18.3. The molecule has 0 saturated carbocycles. The molecule has 0 fully saturated rings. The summed E-state index contributed by atoms with van der Waals surface area (Å²) in [5.74, 6) is 1.48. The van der Waals surface area contributed by atoms with Crippen LogP contribution in [0.2, 0.25) is 0 Å². The molecule has 132 valence electrons. The molecule has 0 saturated heterocycles. The number of unbranched alkanes of at least 4 members (excludes halogenated alkanes) is 4. The number of ether oxygens (including phenoxy) is 1. The van der Waals surface area contributed by atoms with Crippen LogP contribution in [0.4, 0.5) is 0 Å². The molecule has 3 aromatic rings. The molecule has 0 aliphatic carbocycles. The Kier molecular flexibility index (Phi) is 6.53. The molecule has 3 nitrogen and oxygen atoms in total. The van der Waals surface area contributed by atoms with E-state index in [1.807, 2.05) is 48.5 Å². The van der Waals surface area contributed by atoms with Crippen molar-refractivity contribution in [2.75, 3.05) is 6.61 Å². The second-order valence-corrected chi connectivity index (χ2v) is 6.45. The lowest BCUT2D eigenvalue weighted by Gasteiger charge is -2.06. The molecule has 2 radical (unpaired) electrons. The van der Waals surface area contributed by atoms with Crippen LogP contribution in [0.25, 0.3) is 22.7 Å². The lowest BCUT2D eigenvalue weighted by Crippen LogP contribution is -1.99. The number of hydrogen-bond acceptors (Lipinski definition) is 3. The number of benzene rings is 2. The third-order valence-electron chi connectivity index (χ3n) is 4.33. The fourth-order valence-corrected chi connectivity index (χ4v) is 2.78. The van der Waals surface area contributed by atoms with E-state index in [1.54, 1.807) is 6.26 Å². The first-order valence-electron chi connectivity index (χ1n) is 9.31. The predicted octanol–water partition coefficient (Wildman–Crippen LogP) is 5.15. The zero-order chi connectivity index (χ0) is 18.2. The van der Waals surface area contributed by atoms with Gasteiger partial charge in [0, 0.05) is 11.1 Å². The Morgan fingerprint density at radius 1 is 0.885 bits per heavy atom. The molecule has 3 rings (SSSR count). The third-order valence-corrected chi connectivity index (χ3v) is 4.33. The molecule has 0 aliphatic rings. The quantitative estimate of drug-likeness (QED) is 0.397. The molecule has 1 heterocycles. The molecule has 0 aliphatic heterocycles. The summed E-state index contributed by atoms with van der Waals surface area (Å²) in [6, 6.07) is 15.5. The molecule has 26 heavy (non-hydrogen) atoms. The largest absolute Gasteiger partial charge is 0.494 e. The lowest BCUT2D eigenvalue weighted by molar-refractivity contribution is 0.304. The number of hydrogen-bond donors (Lipinski definition) is 0. The summed E-state index contributed by atoms with van der Waals surface area (Å²) >= 11 is 0. The summed E-state index contributed by atoms with van der Waals surface area (Å²) in [6.45, 7) is 2.99. The zero-order valence-electron chi connectivity index (χ0n) is 15.3. The van der Waals surface area contributed by atoms with E-state index in [2.05, 4.69) is 11.9 Å². The lowest BCUT2D eigenvalue weighted by atomic mass is 9.95. The van der Waals surface area contributed by atoms with Crippen molar-refractivity contribution in [1.29, 1.82) is 0 Å². The molecule has 0 bridgehead atoms. The van der Waals surface area contributed by atoms with Gasteiger partial charge in [-0.15, -0.1) is 0 Å². The molecule has 0 atom stereocenters. The van der Waals surface area contributed by atoms with E-state index < -0.39 is 0 Å². The van der Waals surface area contributed by atoms with Crippen molar-refractivity contribution >= 4 is 13.3 Å². The predicted molar refractivity (Wildman–Crippen MR) is 107 cm³/mol. The molecular weight excluding hydrogens is 321 g/mol. The van der Waals surface area contributed by atoms with Gasteiger partial charge in [0.05, 0.1) is 6.61 Å². The highest BCUT2D eigenvalue weighted by molar-refractivity contribution is 6.32. The van der Waals surface area contributed by atoms with Crippen molar-refractivity contribution in [2.45, 2.75) is 39.0 Å². The second-order valence-electron chi connectivity index (χ2n) is 6.45. The van der Waals surface area contributed by atoms with Crippen molar-refractivity contribution in [3.05, 3.63) is 54.8 Å². The van der Waals surface area contributed by atoms with Crippen LogP contribution in [0.1, 0.15) is 39.0 Å². The summed E-state index contributed by atoms with van der Waals surface area (Å²) in [6.07, 6.45) is 7.87. The van der Waals surface area contributed by atoms with E-state index in [4.69, 9.17) is 17.0 Å². The molecule has 0 amide bonds. The molecule has 2 aromatic carbocycles. The van der Waals surface area contributed by atoms with Crippen LogP contribution in [-0.2, 0) is 0 Å². The Hall–Kier alpha value is -2.49. The highest BCUT2D eigenvalue weighted by Crippen LogP contribution is 2.25. The number of oxazole rings is 1. The summed E-state index contributed by atoms with van der Waals surface area (Å²) in [7, 11) is 5.72. The Morgan fingerprint density at radius 2 is 1.58 bits per heavy atom. The maximum Gasteiger partial charge on any atom is 0.226 e. The number of nitrogens with zero attached hydrogens (tertiary/aromatic N) is 1. The van der Waals surface area contributed by atoms with Crippen LogP contribution in [0.3, 0.4) is 0 Å². The number of aromatic nitrogens is 1. The van der Waals surface area contributed by atoms with E-state index in [1.165, 1.54) is 25.7 Å². The van der Waals surface area contributed by atoms with Gasteiger partial charge < -0.3 is 9.15 Å². The second kappa shape index (κ2) is 9.28.